The Morgan fingerprint density at radius 2 is 2.05 bits per heavy atom. The van der Waals surface area contributed by atoms with Gasteiger partial charge in [0.15, 0.2) is 11.5 Å². The average molecular weight is 302 g/mol. The van der Waals surface area contributed by atoms with Crippen LogP contribution in [0.25, 0.3) is 0 Å². The van der Waals surface area contributed by atoms with E-state index in [4.69, 9.17) is 4.74 Å². The second-order valence-electron chi connectivity index (χ2n) is 4.63. The quantitative estimate of drug-likeness (QED) is 0.623. The first-order valence-electron chi connectivity index (χ1n) is 6.38. The molecule has 1 unspecified atom stereocenters. The lowest BCUT2D eigenvalue weighted by atomic mass is 10.1. The van der Waals surface area contributed by atoms with Crippen LogP contribution in [0.3, 0.4) is 0 Å². The van der Waals surface area contributed by atoms with Crippen molar-refractivity contribution in [3.05, 3.63) is 23.8 Å². The number of benzene rings is 1. The van der Waals surface area contributed by atoms with Gasteiger partial charge in [0.05, 0.1) is 13.4 Å². The van der Waals surface area contributed by atoms with Gasteiger partial charge in [0, 0.05) is 12.6 Å². The number of phenolic OH excluding ortho intramolecular Hbond substituents is 1. The van der Waals surface area contributed by atoms with E-state index in [-0.39, 0.29) is 11.8 Å². The van der Waals surface area contributed by atoms with Crippen molar-refractivity contribution >= 4 is 10.0 Å². The first-order chi connectivity index (χ1) is 9.33. The molecule has 0 aliphatic rings. The minimum Gasteiger partial charge on any atom is -0.504 e. The summed E-state index contributed by atoms with van der Waals surface area (Å²) >= 11 is 0. The summed E-state index contributed by atoms with van der Waals surface area (Å²) in [4.78, 5) is 0. The van der Waals surface area contributed by atoms with Gasteiger partial charge >= 0.3 is 0 Å². The van der Waals surface area contributed by atoms with Crippen LogP contribution >= 0.6 is 0 Å². The van der Waals surface area contributed by atoms with Crippen molar-refractivity contribution in [1.82, 2.24) is 10.0 Å². The molecule has 3 N–H and O–H groups in total. The molecule has 1 aromatic rings. The summed E-state index contributed by atoms with van der Waals surface area (Å²) in [6.45, 7) is 3.10. The number of hydrogen-bond donors (Lipinski definition) is 3. The molecule has 0 amide bonds. The van der Waals surface area contributed by atoms with Crippen LogP contribution in [-0.2, 0) is 10.0 Å². The van der Waals surface area contributed by atoms with Gasteiger partial charge in [0.2, 0.25) is 10.0 Å². The number of hydrogen-bond acceptors (Lipinski definition) is 5. The fraction of sp³-hybridized carbons (Fsp3) is 0.538. The predicted octanol–water partition coefficient (Wildman–Crippen LogP) is 0.991. The number of methoxy groups -OCH3 is 1. The molecule has 0 saturated carbocycles. The van der Waals surface area contributed by atoms with Crippen LogP contribution in [0.15, 0.2) is 18.2 Å². The molecule has 1 aromatic carbocycles. The number of rotatable bonds is 8. The highest BCUT2D eigenvalue weighted by Gasteiger charge is 2.08. The third-order valence-corrected chi connectivity index (χ3v) is 3.60. The fourth-order valence-corrected chi connectivity index (χ4v) is 2.26. The lowest BCUT2D eigenvalue weighted by molar-refractivity contribution is 0.372. The van der Waals surface area contributed by atoms with E-state index in [1.807, 2.05) is 13.0 Å². The molecule has 1 rings (SSSR count). The number of nitrogens with one attached hydrogen (secondary N) is 2. The number of aromatic hydroxyl groups is 1. The second kappa shape index (κ2) is 7.47. The van der Waals surface area contributed by atoms with Crippen molar-refractivity contribution in [1.29, 1.82) is 0 Å². The van der Waals surface area contributed by atoms with Gasteiger partial charge in [-0.2, -0.15) is 0 Å². The normalized spacial score (nSPS) is 13.2. The van der Waals surface area contributed by atoms with Crippen LogP contribution < -0.4 is 14.8 Å². The highest BCUT2D eigenvalue weighted by Crippen LogP contribution is 2.28. The van der Waals surface area contributed by atoms with Crippen molar-refractivity contribution in [3.8, 4) is 11.5 Å². The molecule has 0 radical (unpaired) electrons. The summed E-state index contributed by atoms with van der Waals surface area (Å²) < 4.78 is 29.3. The third kappa shape index (κ3) is 5.77. The highest BCUT2D eigenvalue weighted by molar-refractivity contribution is 7.88. The number of sulfonamides is 1. The van der Waals surface area contributed by atoms with Crippen LogP contribution in [-0.4, -0.2) is 40.0 Å². The molecular weight excluding hydrogens is 280 g/mol. The molecule has 0 aliphatic carbocycles. The minimum absolute atomic E-state index is 0.0859. The summed E-state index contributed by atoms with van der Waals surface area (Å²) in [5, 5.41) is 12.8. The summed E-state index contributed by atoms with van der Waals surface area (Å²) in [6.07, 6.45) is 1.85. The number of phenols is 1. The van der Waals surface area contributed by atoms with Gasteiger partial charge in [0.1, 0.15) is 0 Å². The maximum atomic E-state index is 10.9. The van der Waals surface area contributed by atoms with E-state index in [0.29, 0.717) is 25.3 Å². The van der Waals surface area contributed by atoms with Crippen molar-refractivity contribution < 1.29 is 18.3 Å². The molecule has 7 heteroatoms. The summed E-state index contributed by atoms with van der Waals surface area (Å²) in [5.74, 6) is 0.552. The summed E-state index contributed by atoms with van der Waals surface area (Å²) in [7, 11) is -1.61. The molecule has 0 spiro atoms. The van der Waals surface area contributed by atoms with Gasteiger partial charge in [-0.15, -0.1) is 0 Å². The molecule has 0 bridgehead atoms. The Balaban J connectivity index is 2.41. The maximum Gasteiger partial charge on any atom is 0.208 e. The van der Waals surface area contributed by atoms with E-state index in [0.717, 1.165) is 11.8 Å². The molecule has 0 aliphatic heterocycles. The molecule has 6 nitrogen and oxygen atoms in total. The van der Waals surface area contributed by atoms with Crippen molar-refractivity contribution in [2.24, 2.45) is 0 Å². The SMILES string of the molecule is COc1cc(C(C)NCCCNS(C)(=O)=O)ccc1O. The molecule has 0 saturated heterocycles. The summed E-state index contributed by atoms with van der Waals surface area (Å²) in [5.41, 5.74) is 0.996. The Morgan fingerprint density at radius 1 is 1.35 bits per heavy atom. The van der Waals surface area contributed by atoms with Crippen molar-refractivity contribution in [3.63, 3.8) is 0 Å². The minimum atomic E-state index is -3.11. The molecular formula is C13H22N2O4S. The molecule has 0 heterocycles. The topological polar surface area (TPSA) is 87.7 Å². The smallest absolute Gasteiger partial charge is 0.208 e. The van der Waals surface area contributed by atoms with Gasteiger partial charge in [-0.05, 0) is 37.6 Å². The highest BCUT2D eigenvalue weighted by atomic mass is 32.2. The Labute approximate surface area is 120 Å². The monoisotopic (exact) mass is 302 g/mol. The van der Waals surface area contributed by atoms with Crippen molar-refractivity contribution in [2.75, 3.05) is 26.5 Å². The Morgan fingerprint density at radius 3 is 2.65 bits per heavy atom. The molecule has 20 heavy (non-hydrogen) atoms. The van der Waals surface area contributed by atoms with E-state index in [2.05, 4.69) is 10.0 Å². The van der Waals surface area contributed by atoms with Crippen molar-refractivity contribution in [2.45, 2.75) is 19.4 Å². The van der Waals surface area contributed by atoms with Gasteiger partial charge in [0.25, 0.3) is 0 Å². The van der Waals surface area contributed by atoms with E-state index in [1.54, 1.807) is 12.1 Å². The van der Waals surface area contributed by atoms with E-state index in [9.17, 15) is 13.5 Å². The van der Waals surface area contributed by atoms with Crippen LogP contribution in [0.5, 0.6) is 11.5 Å². The van der Waals surface area contributed by atoms with Gasteiger partial charge in [-0.25, -0.2) is 13.1 Å². The largest absolute Gasteiger partial charge is 0.504 e. The zero-order valence-electron chi connectivity index (χ0n) is 12.0. The van der Waals surface area contributed by atoms with Crippen LogP contribution in [0.4, 0.5) is 0 Å². The maximum absolute atomic E-state index is 10.9. The first-order valence-corrected chi connectivity index (χ1v) is 8.27. The first kappa shape index (κ1) is 16.7. The standard InChI is InChI=1S/C13H22N2O4S/c1-10(14-7-4-8-15-20(3,17)18)11-5-6-12(16)13(9-11)19-2/h5-6,9-10,14-16H,4,7-8H2,1-3H3. The van der Waals surface area contributed by atoms with Crippen LogP contribution in [0.2, 0.25) is 0 Å². The second-order valence-corrected chi connectivity index (χ2v) is 6.46. The average Bonchev–Trinajstić information content (AvgIpc) is 2.37. The zero-order valence-corrected chi connectivity index (χ0v) is 12.8. The fourth-order valence-electron chi connectivity index (χ4n) is 1.75. The Kier molecular flexibility index (Phi) is 6.25. The van der Waals surface area contributed by atoms with Crippen LogP contribution in [0, 0.1) is 0 Å². The summed E-state index contributed by atoms with van der Waals surface area (Å²) in [6, 6.07) is 5.28. The molecule has 114 valence electrons. The van der Waals surface area contributed by atoms with E-state index < -0.39 is 10.0 Å². The molecule has 0 aromatic heterocycles. The van der Waals surface area contributed by atoms with E-state index in [1.165, 1.54) is 7.11 Å². The van der Waals surface area contributed by atoms with Gasteiger partial charge < -0.3 is 15.2 Å². The number of ether oxygens (including phenoxy) is 1. The lowest BCUT2D eigenvalue weighted by Crippen LogP contribution is -2.27. The van der Waals surface area contributed by atoms with E-state index >= 15 is 0 Å². The zero-order chi connectivity index (χ0) is 15.2. The van der Waals surface area contributed by atoms with Gasteiger partial charge in [-0.3, -0.25) is 0 Å². The molecule has 0 fully saturated rings. The van der Waals surface area contributed by atoms with Crippen LogP contribution in [0.1, 0.15) is 24.9 Å². The Hall–Kier alpha value is -1.31. The van der Waals surface area contributed by atoms with Gasteiger partial charge in [-0.1, -0.05) is 6.07 Å². The third-order valence-electron chi connectivity index (χ3n) is 2.87. The Bertz CT molecular complexity index is 531. The lowest BCUT2D eigenvalue weighted by Gasteiger charge is -2.15. The molecule has 1 atom stereocenters. The predicted molar refractivity (Wildman–Crippen MR) is 78.5 cm³/mol.